The molecule has 17 heavy (non-hydrogen) atoms. The molecule has 2 rings (SSSR count). The second-order valence-electron chi connectivity index (χ2n) is 3.68. The molecule has 0 bridgehead atoms. The van der Waals surface area contributed by atoms with Crippen molar-refractivity contribution in [2.45, 2.75) is 13.5 Å². The summed E-state index contributed by atoms with van der Waals surface area (Å²) >= 11 is 5.96. The van der Waals surface area contributed by atoms with E-state index < -0.39 is 0 Å². The van der Waals surface area contributed by atoms with E-state index in [1.807, 2.05) is 13.0 Å². The summed E-state index contributed by atoms with van der Waals surface area (Å²) in [6.07, 6.45) is 3.36. The van der Waals surface area contributed by atoms with Gasteiger partial charge in [0.15, 0.2) is 0 Å². The fourth-order valence-corrected chi connectivity index (χ4v) is 1.58. The predicted octanol–water partition coefficient (Wildman–Crippen LogP) is 2.30. The van der Waals surface area contributed by atoms with Crippen molar-refractivity contribution in [2.24, 2.45) is 0 Å². The predicted molar refractivity (Wildman–Crippen MR) is 65.9 cm³/mol. The normalized spacial score (nSPS) is 10.2. The van der Waals surface area contributed by atoms with Gasteiger partial charge in [-0.25, -0.2) is 4.98 Å². The van der Waals surface area contributed by atoms with Crippen molar-refractivity contribution in [3.05, 3.63) is 52.6 Å². The summed E-state index contributed by atoms with van der Waals surface area (Å²) in [5.74, 6) is 0.555. The highest BCUT2D eigenvalue weighted by Crippen LogP contribution is 2.16. The van der Waals surface area contributed by atoms with E-state index in [-0.39, 0.29) is 5.91 Å². The molecule has 1 heterocycles. The Bertz CT molecular complexity index is 523. The third-order valence-electron chi connectivity index (χ3n) is 2.41. The van der Waals surface area contributed by atoms with Gasteiger partial charge in [0.05, 0.1) is 6.54 Å². The third kappa shape index (κ3) is 2.85. The first kappa shape index (κ1) is 11.7. The second-order valence-corrected chi connectivity index (χ2v) is 4.09. The molecule has 1 amide bonds. The molecule has 0 saturated heterocycles. The number of hydrogen-bond acceptors (Lipinski definition) is 2. The number of carbonyl (C=O) groups excluding carboxylic acids is 1. The molecule has 0 saturated carbocycles. The molecule has 0 aliphatic heterocycles. The highest BCUT2D eigenvalue weighted by molar-refractivity contribution is 6.31. The zero-order chi connectivity index (χ0) is 12.3. The molecule has 4 nitrogen and oxygen atoms in total. The molecular weight excluding hydrogens is 238 g/mol. The van der Waals surface area contributed by atoms with Crippen LogP contribution in [0.3, 0.4) is 0 Å². The number of rotatable bonds is 3. The first-order chi connectivity index (χ1) is 8.16. The van der Waals surface area contributed by atoms with Gasteiger partial charge in [-0.05, 0) is 24.6 Å². The largest absolute Gasteiger partial charge is 0.347 e. The quantitative estimate of drug-likeness (QED) is 0.877. The third-order valence-corrected chi connectivity index (χ3v) is 2.81. The number of imidazole rings is 1. The Morgan fingerprint density at radius 2 is 2.35 bits per heavy atom. The van der Waals surface area contributed by atoms with Gasteiger partial charge in [0.25, 0.3) is 5.91 Å². The number of halogens is 1. The Labute approximate surface area is 104 Å². The number of hydrogen-bond donors (Lipinski definition) is 2. The van der Waals surface area contributed by atoms with Gasteiger partial charge in [0.1, 0.15) is 5.82 Å². The van der Waals surface area contributed by atoms with Crippen LogP contribution < -0.4 is 5.32 Å². The fourth-order valence-electron chi connectivity index (χ4n) is 1.39. The highest BCUT2D eigenvalue weighted by Gasteiger charge is 2.07. The standard InChI is InChI=1S/C12H12ClN3O/c1-8-2-3-9(6-10(8)13)12(17)16-7-11-14-4-5-15-11/h2-6H,7H2,1H3,(H,14,15)(H,16,17). The number of nitrogens with one attached hydrogen (secondary N) is 2. The lowest BCUT2D eigenvalue weighted by Crippen LogP contribution is -2.23. The minimum Gasteiger partial charge on any atom is -0.347 e. The van der Waals surface area contributed by atoms with Crippen LogP contribution >= 0.6 is 11.6 Å². The van der Waals surface area contributed by atoms with Crippen LogP contribution in [0, 0.1) is 6.92 Å². The average Bonchev–Trinajstić information content (AvgIpc) is 2.82. The minimum atomic E-state index is -0.164. The van der Waals surface area contributed by atoms with Gasteiger partial charge in [-0.3, -0.25) is 4.79 Å². The van der Waals surface area contributed by atoms with E-state index in [1.54, 1.807) is 24.5 Å². The van der Waals surface area contributed by atoms with Gasteiger partial charge >= 0.3 is 0 Å². The number of H-pyrrole nitrogens is 1. The van der Waals surface area contributed by atoms with E-state index in [9.17, 15) is 4.79 Å². The summed E-state index contributed by atoms with van der Waals surface area (Å²) in [6.45, 7) is 2.27. The number of aromatic nitrogens is 2. The number of amides is 1. The van der Waals surface area contributed by atoms with E-state index in [2.05, 4.69) is 15.3 Å². The molecule has 5 heteroatoms. The Morgan fingerprint density at radius 1 is 1.53 bits per heavy atom. The van der Waals surface area contributed by atoms with E-state index in [0.29, 0.717) is 17.1 Å². The Hall–Kier alpha value is -1.81. The molecule has 0 spiro atoms. The van der Waals surface area contributed by atoms with E-state index >= 15 is 0 Å². The molecule has 0 aliphatic rings. The van der Waals surface area contributed by atoms with Gasteiger partial charge in [-0.15, -0.1) is 0 Å². The molecular formula is C12H12ClN3O. The zero-order valence-electron chi connectivity index (χ0n) is 9.33. The van der Waals surface area contributed by atoms with E-state index in [4.69, 9.17) is 11.6 Å². The van der Waals surface area contributed by atoms with Gasteiger partial charge in [0, 0.05) is 23.0 Å². The molecule has 1 aromatic heterocycles. The molecule has 88 valence electrons. The number of aromatic amines is 1. The summed E-state index contributed by atoms with van der Waals surface area (Å²) < 4.78 is 0. The summed E-state index contributed by atoms with van der Waals surface area (Å²) in [4.78, 5) is 18.7. The maximum atomic E-state index is 11.8. The van der Waals surface area contributed by atoms with Gasteiger partial charge in [-0.1, -0.05) is 17.7 Å². The highest BCUT2D eigenvalue weighted by atomic mass is 35.5. The van der Waals surface area contributed by atoms with Crippen molar-refractivity contribution >= 4 is 17.5 Å². The van der Waals surface area contributed by atoms with Gasteiger partial charge < -0.3 is 10.3 Å². The SMILES string of the molecule is Cc1ccc(C(=O)NCc2ncc[nH]2)cc1Cl. The van der Waals surface area contributed by atoms with Crippen LogP contribution in [0.25, 0.3) is 0 Å². The molecule has 0 unspecified atom stereocenters. The monoisotopic (exact) mass is 249 g/mol. The van der Waals surface area contributed by atoms with Crippen LogP contribution in [0.4, 0.5) is 0 Å². The van der Waals surface area contributed by atoms with Crippen molar-refractivity contribution in [1.82, 2.24) is 15.3 Å². The van der Waals surface area contributed by atoms with Gasteiger partial charge in [0.2, 0.25) is 0 Å². The van der Waals surface area contributed by atoms with Gasteiger partial charge in [-0.2, -0.15) is 0 Å². The molecule has 0 atom stereocenters. The zero-order valence-corrected chi connectivity index (χ0v) is 10.1. The van der Waals surface area contributed by atoms with Crippen LogP contribution in [-0.2, 0) is 6.54 Å². The topological polar surface area (TPSA) is 57.8 Å². The Kier molecular flexibility index (Phi) is 3.44. The fraction of sp³-hybridized carbons (Fsp3) is 0.167. The number of aryl methyl sites for hydroxylation is 1. The smallest absolute Gasteiger partial charge is 0.251 e. The summed E-state index contributed by atoms with van der Waals surface area (Å²) in [6, 6.07) is 5.23. The molecule has 0 aliphatic carbocycles. The van der Waals surface area contributed by atoms with E-state index in [0.717, 1.165) is 11.4 Å². The summed E-state index contributed by atoms with van der Waals surface area (Å²) in [5.41, 5.74) is 1.50. The van der Waals surface area contributed by atoms with Crippen molar-refractivity contribution < 1.29 is 4.79 Å². The van der Waals surface area contributed by atoms with Crippen LogP contribution in [-0.4, -0.2) is 15.9 Å². The van der Waals surface area contributed by atoms with E-state index in [1.165, 1.54) is 0 Å². The van der Waals surface area contributed by atoms with Crippen molar-refractivity contribution in [3.8, 4) is 0 Å². The van der Waals surface area contributed by atoms with Crippen LogP contribution in [0.5, 0.6) is 0 Å². The lowest BCUT2D eigenvalue weighted by molar-refractivity contribution is 0.0950. The maximum absolute atomic E-state index is 11.8. The number of carbonyl (C=O) groups is 1. The number of benzene rings is 1. The van der Waals surface area contributed by atoms with Crippen LogP contribution in [0.1, 0.15) is 21.7 Å². The second kappa shape index (κ2) is 5.01. The molecule has 0 radical (unpaired) electrons. The lowest BCUT2D eigenvalue weighted by Gasteiger charge is -2.05. The van der Waals surface area contributed by atoms with Crippen LogP contribution in [0.15, 0.2) is 30.6 Å². The first-order valence-corrected chi connectivity index (χ1v) is 5.57. The van der Waals surface area contributed by atoms with Crippen molar-refractivity contribution in [3.63, 3.8) is 0 Å². The maximum Gasteiger partial charge on any atom is 0.251 e. The summed E-state index contributed by atoms with van der Waals surface area (Å²) in [5, 5.41) is 3.35. The molecule has 2 N–H and O–H groups in total. The molecule has 0 fully saturated rings. The number of nitrogens with zero attached hydrogens (tertiary/aromatic N) is 1. The van der Waals surface area contributed by atoms with Crippen molar-refractivity contribution in [2.75, 3.05) is 0 Å². The van der Waals surface area contributed by atoms with Crippen LogP contribution in [0.2, 0.25) is 5.02 Å². The first-order valence-electron chi connectivity index (χ1n) is 5.19. The summed E-state index contributed by atoms with van der Waals surface area (Å²) in [7, 11) is 0. The molecule has 1 aromatic carbocycles. The van der Waals surface area contributed by atoms with Crippen molar-refractivity contribution in [1.29, 1.82) is 0 Å². The Morgan fingerprint density at radius 3 is 3.00 bits per heavy atom. The average molecular weight is 250 g/mol. The minimum absolute atomic E-state index is 0.164. The lowest BCUT2D eigenvalue weighted by atomic mass is 10.1. The Balaban J connectivity index is 2.02. The molecule has 2 aromatic rings.